The number of nitro groups is 1. The molecule has 1 aliphatic carbocycles. The molecule has 1 saturated carbocycles. The third-order valence-corrected chi connectivity index (χ3v) is 2.79. The largest absolute Gasteiger partial charge is 0.381 e. The van der Waals surface area contributed by atoms with Gasteiger partial charge < -0.3 is 15.8 Å². The lowest BCUT2D eigenvalue weighted by Gasteiger charge is -2.06. The van der Waals surface area contributed by atoms with E-state index in [9.17, 15) is 10.1 Å². The lowest BCUT2D eigenvalue weighted by atomic mass is 10.4. The predicted octanol–water partition coefficient (Wildman–Crippen LogP) is 1.20. The molecule has 0 unspecified atom stereocenters. The lowest BCUT2D eigenvalue weighted by molar-refractivity contribution is -0.384. The van der Waals surface area contributed by atoms with Crippen LogP contribution in [0.15, 0.2) is 6.20 Å². The number of aromatic nitrogens is 2. The molecule has 2 rings (SSSR count). The molecule has 8 nitrogen and oxygen atoms in total. The molecule has 1 fully saturated rings. The monoisotopic (exact) mass is 267 g/mol. The molecule has 0 radical (unpaired) electrons. The van der Waals surface area contributed by atoms with Gasteiger partial charge in [-0.1, -0.05) is 0 Å². The molecular weight excluding hydrogens is 250 g/mol. The number of anilines is 2. The first-order valence-corrected chi connectivity index (χ1v) is 6.25. The predicted molar refractivity (Wildman–Crippen MR) is 69.7 cm³/mol. The van der Waals surface area contributed by atoms with Crippen molar-refractivity contribution in [3.8, 4) is 0 Å². The van der Waals surface area contributed by atoms with Crippen molar-refractivity contribution in [3.63, 3.8) is 0 Å². The molecule has 0 atom stereocenters. The average molecular weight is 267 g/mol. The summed E-state index contributed by atoms with van der Waals surface area (Å²) in [7, 11) is 0. The molecule has 1 aliphatic rings. The number of hydrogen-bond acceptors (Lipinski definition) is 7. The summed E-state index contributed by atoms with van der Waals surface area (Å²) in [6.07, 6.45) is 4.40. The number of ether oxygens (including phenoxy) is 1. The van der Waals surface area contributed by atoms with Crippen LogP contribution in [0.3, 0.4) is 0 Å². The van der Waals surface area contributed by atoms with Gasteiger partial charge in [-0.05, 0) is 25.2 Å². The average Bonchev–Trinajstić information content (AvgIpc) is 3.17. The quantitative estimate of drug-likeness (QED) is 0.413. The van der Waals surface area contributed by atoms with Crippen LogP contribution in [0.25, 0.3) is 0 Å². The second-order valence-electron chi connectivity index (χ2n) is 4.52. The molecule has 1 heterocycles. The van der Waals surface area contributed by atoms with Crippen molar-refractivity contribution >= 4 is 17.5 Å². The Morgan fingerprint density at radius 2 is 2.37 bits per heavy atom. The summed E-state index contributed by atoms with van der Waals surface area (Å²) in [6, 6.07) is 0. The van der Waals surface area contributed by atoms with Gasteiger partial charge in [0.05, 0.1) is 4.92 Å². The van der Waals surface area contributed by atoms with E-state index in [2.05, 4.69) is 15.3 Å². The number of hydrogen-bond donors (Lipinski definition) is 2. The maximum absolute atomic E-state index is 10.8. The van der Waals surface area contributed by atoms with Crippen LogP contribution in [-0.4, -0.2) is 34.6 Å². The van der Waals surface area contributed by atoms with Crippen molar-refractivity contribution in [1.29, 1.82) is 0 Å². The molecule has 0 aliphatic heterocycles. The molecule has 0 saturated heterocycles. The maximum Gasteiger partial charge on any atom is 0.329 e. The Morgan fingerprint density at radius 3 is 3.05 bits per heavy atom. The van der Waals surface area contributed by atoms with Crippen molar-refractivity contribution in [3.05, 3.63) is 16.3 Å². The SMILES string of the molecule is Nc1ncc([N+](=O)[O-])c(NCCCOCC2CC2)n1. The van der Waals surface area contributed by atoms with Gasteiger partial charge in [0, 0.05) is 19.8 Å². The fourth-order valence-electron chi connectivity index (χ4n) is 1.57. The minimum atomic E-state index is -0.536. The first kappa shape index (κ1) is 13.5. The highest BCUT2D eigenvalue weighted by molar-refractivity contribution is 5.56. The van der Waals surface area contributed by atoms with Crippen LogP contribution in [0.5, 0.6) is 0 Å². The van der Waals surface area contributed by atoms with Crippen molar-refractivity contribution in [2.45, 2.75) is 19.3 Å². The smallest absolute Gasteiger partial charge is 0.329 e. The summed E-state index contributed by atoms with van der Waals surface area (Å²) >= 11 is 0. The maximum atomic E-state index is 10.8. The van der Waals surface area contributed by atoms with E-state index in [0.29, 0.717) is 13.2 Å². The molecule has 1 aromatic heterocycles. The van der Waals surface area contributed by atoms with Crippen molar-refractivity contribution < 1.29 is 9.66 Å². The summed E-state index contributed by atoms with van der Waals surface area (Å²) in [4.78, 5) is 17.7. The lowest BCUT2D eigenvalue weighted by Crippen LogP contribution is -2.11. The fraction of sp³-hybridized carbons (Fsp3) is 0.636. The standard InChI is InChI=1S/C11H17N5O3/c12-11-14-6-9(16(17)18)10(15-11)13-4-1-5-19-7-8-2-3-8/h6,8H,1-5,7H2,(H3,12,13,14,15). The molecule has 0 bridgehead atoms. The van der Waals surface area contributed by atoms with Gasteiger partial charge in [-0.2, -0.15) is 4.98 Å². The van der Waals surface area contributed by atoms with E-state index in [1.807, 2.05) is 0 Å². The molecule has 0 spiro atoms. The van der Waals surface area contributed by atoms with E-state index >= 15 is 0 Å². The zero-order valence-corrected chi connectivity index (χ0v) is 10.5. The first-order valence-electron chi connectivity index (χ1n) is 6.25. The van der Waals surface area contributed by atoms with E-state index in [0.717, 1.165) is 25.1 Å². The molecule has 0 aromatic carbocycles. The topological polar surface area (TPSA) is 116 Å². The number of nitrogen functional groups attached to an aromatic ring is 1. The van der Waals surface area contributed by atoms with E-state index in [-0.39, 0.29) is 17.5 Å². The molecule has 8 heteroatoms. The highest BCUT2D eigenvalue weighted by Gasteiger charge is 2.21. The fourth-order valence-corrected chi connectivity index (χ4v) is 1.57. The minimum absolute atomic E-state index is 0.0121. The van der Waals surface area contributed by atoms with Crippen LogP contribution in [-0.2, 0) is 4.74 Å². The molecule has 1 aromatic rings. The van der Waals surface area contributed by atoms with E-state index in [1.54, 1.807) is 0 Å². The van der Waals surface area contributed by atoms with Crippen LogP contribution >= 0.6 is 0 Å². The van der Waals surface area contributed by atoms with Gasteiger partial charge in [-0.15, -0.1) is 0 Å². The normalized spacial score (nSPS) is 14.3. The second-order valence-corrected chi connectivity index (χ2v) is 4.52. The zero-order valence-electron chi connectivity index (χ0n) is 10.5. The molecule has 19 heavy (non-hydrogen) atoms. The molecular formula is C11H17N5O3. The number of nitrogens with zero attached hydrogens (tertiary/aromatic N) is 3. The van der Waals surface area contributed by atoms with E-state index < -0.39 is 4.92 Å². The van der Waals surface area contributed by atoms with Crippen LogP contribution in [0.2, 0.25) is 0 Å². The Morgan fingerprint density at radius 1 is 1.58 bits per heavy atom. The Balaban J connectivity index is 1.74. The molecule has 3 N–H and O–H groups in total. The first-order chi connectivity index (χ1) is 9.16. The van der Waals surface area contributed by atoms with Gasteiger partial charge in [0.25, 0.3) is 0 Å². The van der Waals surface area contributed by atoms with E-state index in [1.165, 1.54) is 12.8 Å². The third kappa shape index (κ3) is 4.32. The highest BCUT2D eigenvalue weighted by Crippen LogP contribution is 2.28. The summed E-state index contributed by atoms with van der Waals surface area (Å²) in [5, 5.41) is 13.7. The van der Waals surface area contributed by atoms with Crippen LogP contribution in [0.1, 0.15) is 19.3 Å². The summed E-state index contributed by atoms with van der Waals surface area (Å²) < 4.78 is 5.47. The van der Waals surface area contributed by atoms with Gasteiger partial charge in [0.15, 0.2) is 0 Å². The molecule has 104 valence electrons. The van der Waals surface area contributed by atoms with Gasteiger partial charge in [0.2, 0.25) is 11.8 Å². The van der Waals surface area contributed by atoms with Gasteiger partial charge in [-0.25, -0.2) is 4.98 Å². The Hall–Kier alpha value is -1.96. The third-order valence-electron chi connectivity index (χ3n) is 2.79. The molecule has 0 amide bonds. The van der Waals surface area contributed by atoms with Crippen molar-refractivity contribution in [1.82, 2.24) is 9.97 Å². The summed E-state index contributed by atoms with van der Waals surface area (Å²) in [5.41, 5.74) is 5.24. The number of nitrogens with two attached hydrogens (primary N) is 1. The number of nitrogens with one attached hydrogen (secondary N) is 1. The van der Waals surface area contributed by atoms with Crippen molar-refractivity contribution in [2.24, 2.45) is 5.92 Å². The van der Waals surface area contributed by atoms with Crippen LogP contribution < -0.4 is 11.1 Å². The zero-order chi connectivity index (χ0) is 13.7. The Labute approximate surface area is 110 Å². The van der Waals surface area contributed by atoms with Crippen molar-refractivity contribution in [2.75, 3.05) is 30.8 Å². The summed E-state index contributed by atoms with van der Waals surface area (Å²) in [6.45, 7) is 2.00. The number of rotatable bonds is 8. The van der Waals surface area contributed by atoms with Gasteiger partial charge >= 0.3 is 5.69 Å². The van der Waals surface area contributed by atoms with Crippen LogP contribution in [0.4, 0.5) is 17.5 Å². The Bertz CT molecular complexity index is 450. The van der Waals surface area contributed by atoms with Crippen LogP contribution in [0, 0.1) is 16.0 Å². The van der Waals surface area contributed by atoms with Gasteiger partial charge in [0.1, 0.15) is 6.20 Å². The second kappa shape index (κ2) is 6.28. The summed E-state index contributed by atoms with van der Waals surface area (Å²) in [5.74, 6) is 0.911. The highest BCUT2D eigenvalue weighted by atomic mass is 16.6. The van der Waals surface area contributed by atoms with E-state index in [4.69, 9.17) is 10.5 Å². The minimum Gasteiger partial charge on any atom is -0.381 e. The van der Waals surface area contributed by atoms with Gasteiger partial charge in [-0.3, -0.25) is 10.1 Å². The Kier molecular flexibility index (Phi) is 4.45.